The van der Waals surface area contributed by atoms with E-state index in [9.17, 15) is 4.79 Å². The first-order valence-corrected chi connectivity index (χ1v) is 7.43. The molecule has 1 N–H and O–H groups in total. The van der Waals surface area contributed by atoms with Gasteiger partial charge in [-0.2, -0.15) is 0 Å². The number of piperidine rings is 1. The van der Waals surface area contributed by atoms with E-state index < -0.39 is 0 Å². The number of carbonyl (C=O) groups excluding carboxylic acids is 1. The molecule has 98 valence electrons. The first-order chi connectivity index (χ1) is 8.65. The van der Waals surface area contributed by atoms with Gasteiger partial charge < -0.3 is 10.2 Å². The zero-order valence-corrected chi connectivity index (χ0v) is 11.7. The van der Waals surface area contributed by atoms with Crippen molar-refractivity contribution in [1.82, 2.24) is 15.2 Å². The van der Waals surface area contributed by atoms with Crippen LogP contribution in [0.3, 0.4) is 0 Å². The van der Waals surface area contributed by atoms with Crippen molar-refractivity contribution < 1.29 is 4.79 Å². The average molecular weight is 265 g/mol. The smallest absolute Gasteiger partial charge is 0.265 e. The lowest BCUT2D eigenvalue weighted by Crippen LogP contribution is -2.41. The highest BCUT2D eigenvalue weighted by Crippen LogP contribution is 2.28. The Labute approximate surface area is 111 Å². The zero-order chi connectivity index (χ0) is 12.7. The maximum atomic E-state index is 12.5. The number of thiazole rings is 1. The van der Waals surface area contributed by atoms with Crippen LogP contribution in [0, 0.1) is 19.8 Å². The lowest BCUT2D eigenvalue weighted by Gasteiger charge is -2.24. The summed E-state index contributed by atoms with van der Waals surface area (Å²) in [6.45, 7) is 6.76. The Hall–Kier alpha value is -0.940. The van der Waals surface area contributed by atoms with E-state index in [4.69, 9.17) is 0 Å². The molecule has 0 spiro atoms. The van der Waals surface area contributed by atoms with E-state index in [0.29, 0.717) is 12.0 Å². The fourth-order valence-electron chi connectivity index (χ4n) is 3.09. The molecule has 0 unspecified atom stereocenters. The molecule has 2 aliphatic rings. The van der Waals surface area contributed by atoms with Gasteiger partial charge in [0.05, 0.1) is 10.7 Å². The number of fused-ring (bicyclic) bond motifs is 1. The molecule has 0 radical (unpaired) electrons. The third-order valence-electron chi connectivity index (χ3n) is 3.98. The van der Waals surface area contributed by atoms with E-state index in [1.807, 2.05) is 18.7 Å². The van der Waals surface area contributed by atoms with E-state index in [-0.39, 0.29) is 5.91 Å². The van der Waals surface area contributed by atoms with Gasteiger partial charge in [-0.25, -0.2) is 4.98 Å². The largest absolute Gasteiger partial charge is 0.336 e. The van der Waals surface area contributed by atoms with E-state index in [0.717, 1.165) is 35.2 Å². The number of nitrogens with one attached hydrogen (secondary N) is 1. The van der Waals surface area contributed by atoms with E-state index in [1.165, 1.54) is 24.2 Å². The summed E-state index contributed by atoms with van der Waals surface area (Å²) in [6.07, 6.45) is 2.49. The highest BCUT2D eigenvalue weighted by molar-refractivity contribution is 7.13. The number of carbonyl (C=O) groups is 1. The van der Waals surface area contributed by atoms with Crippen LogP contribution in [-0.2, 0) is 0 Å². The van der Waals surface area contributed by atoms with Gasteiger partial charge in [-0.3, -0.25) is 4.79 Å². The van der Waals surface area contributed by atoms with Crippen molar-refractivity contribution >= 4 is 17.2 Å². The molecule has 1 aromatic heterocycles. The quantitative estimate of drug-likeness (QED) is 0.838. The van der Waals surface area contributed by atoms with E-state index in [1.54, 1.807) is 0 Å². The number of amides is 1. The van der Waals surface area contributed by atoms with Crippen molar-refractivity contribution in [3.63, 3.8) is 0 Å². The molecule has 0 saturated carbocycles. The van der Waals surface area contributed by atoms with Crippen molar-refractivity contribution in [2.45, 2.75) is 32.7 Å². The second-order valence-corrected chi connectivity index (χ2v) is 6.52. The van der Waals surface area contributed by atoms with E-state index in [2.05, 4.69) is 10.3 Å². The molecule has 0 aliphatic carbocycles. The Balaban J connectivity index is 1.76. The number of likely N-dealkylation sites (tertiary alicyclic amines) is 1. The molecule has 3 rings (SSSR count). The van der Waals surface area contributed by atoms with Gasteiger partial charge in [-0.1, -0.05) is 0 Å². The molecule has 3 heterocycles. The molecule has 2 saturated heterocycles. The highest BCUT2D eigenvalue weighted by atomic mass is 32.1. The molecule has 5 heteroatoms. The van der Waals surface area contributed by atoms with Crippen molar-refractivity contribution in [1.29, 1.82) is 0 Å². The summed E-state index contributed by atoms with van der Waals surface area (Å²) >= 11 is 1.52. The van der Waals surface area contributed by atoms with Gasteiger partial charge in [0.2, 0.25) is 0 Å². The SMILES string of the molecule is Cc1nc(C)c(C(=O)N2C[C@@H]3CCCN[C@@H]3C2)s1. The summed E-state index contributed by atoms with van der Waals surface area (Å²) in [4.78, 5) is 19.7. The Bertz CT molecular complexity index is 457. The minimum Gasteiger partial charge on any atom is -0.336 e. The first-order valence-electron chi connectivity index (χ1n) is 6.62. The van der Waals surface area contributed by atoms with E-state index >= 15 is 0 Å². The number of aromatic nitrogens is 1. The minimum atomic E-state index is 0.175. The molecule has 2 atom stereocenters. The summed E-state index contributed by atoms with van der Waals surface area (Å²) in [7, 11) is 0. The van der Waals surface area contributed by atoms with Gasteiger partial charge in [-0.15, -0.1) is 11.3 Å². The lowest BCUT2D eigenvalue weighted by molar-refractivity contribution is 0.0789. The first kappa shape index (κ1) is 12.1. The Kier molecular flexibility index (Phi) is 3.11. The van der Waals surface area contributed by atoms with Crippen LogP contribution in [0.15, 0.2) is 0 Å². The molecule has 18 heavy (non-hydrogen) atoms. The fraction of sp³-hybridized carbons (Fsp3) is 0.692. The predicted molar refractivity (Wildman–Crippen MR) is 72.0 cm³/mol. The van der Waals surface area contributed by atoms with Crippen LogP contribution < -0.4 is 5.32 Å². The summed E-state index contributed by atoms with van der Waals surface area (Å²) < 4.78 is 0. The highest BCUT2D eigenvalue weighted by Gasteiger charge is 2.37. The zero-order valence-electron chi connectivity index (χ0n) is 10.9. The molecule has 4 nitrogen and oxygen atoms in total. The van der Waals surface area contributed by atoms with Crippen LogP contribution in [0.4, 0.5) is 0 Å². The molecule has 1 aromatic rings. The number of nitrogens with zero attached hydrogens (tertiary/aromatic N) is 2. The van der Waals surface area contributed by atoms with Gasteiger partial charge in [0, 0.05) is 19.1 Å². The van der Waals surface area contributed by atoms with Crippen molar-refractivity contribution in [3.05, 3.63) is 15.6 Å². The van der Waals surface area contributed by atoms with Gasteiger partial charge in [0.25, 0.3) is 5.91 Å². The molecule has 0 bridgehead atoms. The predicted octanol–water partition coefficient (Wildman–Crippen LogP) is 1.58. The molecule has 2 fully saturated rings. The number of aryl methyl sites for hydroxylation is 2. The maximum Gasteiger partial charge on any atom is 0.265 e. The number of hydrogen-bond acceptors (Lipinski definition) is 4. The monoisotopic (exact) mass is 265 g/mol. The molecule has 2 aliphatic heterocycles. The molecular weight excluding hydrogens is 246 g/mol. The Morgan fingerprint density at radius 1 is 1.44 bits per heavy atom. The van der Waals surface area contributed by atoms with Crippen molar-refractivity contribution in [2.75, 3.05) is 19.6 Å². The van der Waals surface area contributed by atoms with Crippen LogP contribution in [0.2, 0.25) is 0 Å². The third-order valence-corrected chi connectivity index (χ3v) is 5.05. The van der Waals surface area contributed by atoms with Gasteiger partial charge in [-0.05, 0) is 39.2 Å². The van der Waals surface area contributed by atoms with Crippen LogP contribution >= 0.6 is 11.3 Å². The Morgan fingerprint density at radius 3 is 2.94 bits per heavy atom. The summed E-state index contributed by atoms with van der Waals surface area (Å²) in [5, 5.41) is 4.51. The Morgan fingerprint density at radius 2 is 2.28 bits per heavy atom. The minimum absolute atomic E-state index is 0.175. The third kappa shape index (κ3) is 2.06. The normalized spacial score (nSPS) is 27.3. The standard InChI is InChI=1S/C13H19N3OS/c1-8-12(18-9(2)15-8)13(17)16-6-10-4-3-5-14-11(10)7-16/h10-11,14H,3-7H2,1-2H3/t10-,11+/m0/s1. The van der Waals surface area contributed by atoms with Crippen LogP contribution in [-0.4, -0.2) is 41.5 Å². The average Bonchev–Trinajstić information content (AvgIpc) is 2.91. The van der Waals surface area contributed by atoms with Crippen molar-refractivity contribution in [2.24, 2.45) is 5.92 Å². The summed E-state index contributed by atoms with van der Waals surface area (Å²) in [5.74, 6) is 0.825. The van der Waals surface area contributed by atoms with Crippen LogP contribution in [0.25, 0.3) is 0 Å². The summed E-state index contributed by atoms with van der Waals surface area (Å²) in [6, 6.07) is 0.511. The fourth-order valence-corrected chi connectivity index (χ4v) is 3.97. The second kappa shape index (κ2) is 4.63. The van der Waals surface area contributed by atoms with Crippen molar-refractivity contribution in [3.8, 4) is 0 Å². The van der Waals surface area contributed by atoms with Gasteiger partial charge >= 0.3 is 0 Å². The molecular formula is C13H19N3OS. The maximum absolute atomic E-state index is 12.5. The lowest BCUT2D eigenvalue weighted by atomic mass is 9.94. The second-order valence-electron chi connectivity index (χ2n) is 5.32. The van der Waals surface area contributed by atoms with Crippen LogP contribution in [0.1, 0.15) is 33.2 Å². The summed E-state index contributed by atoms with van der Waals surface area (Å²) in [5.41, 5.74) is 0.880. The number of rotatable bonds is 1. The molecule has 0 aromatic carbocycles. The molecule has 1 amide bonds. The topological polar surface area (TPSA) is 45.2 Å². The van der Waals surface area contributed by atoms with Crippen LogP contribution in [0.5, 0.6) is 0 Å². The number of hydrogen-bond donors (Lipinski definition) is 1. The van der Waals surface area contributed by atoms with Gasteiger partial charge in [0.1, 0.15) is 4.88 Å². The van der Waals surface area contributed by atoms with Gasteiger partial charge in [0.15, 0.2) is 0 Å².